The largest absolute Gasteiger partial charge is 0.462 e. The second-order valence-corrected chi connectivity index (χ2v) is 5.45. The number of carbonyl (C=O) groups excluding carboxylic acids is 3. The van der Waals surface area contributed by atoms with Crippen molar-refractivity contribution in [3.63, 3.8) is 0 Å². The Morgan fingerprint density at radius 2 is 1.95 bits per heavy atom. The smallest absolute Gasteiger partial charge is 0.355 e. The number of esters is 2. The minimum Gasteiger partial charge on any atom is -0.462 e. The van der Waals surface area contributed by atoms with Gasteiger partial charge in [0.15, 0.2) is 11.9 Å². The van der Waals surface area contributed by atoms with Gasteiger partial charge < -0.3 is 14.5 Å². The van der Waals surface area contributed by atoms with Gasteiger partial charge in [-0.05, 0) is 45.6 Å². The molecule has 1 aromatic heterocycles. The number of aromatic nitrogens is 1. The first kappa shape index (κ1) is 16.3. The molecule has 0 spiro atoms. The van der Waals surface area contributed by atoms with Gasteiger partial charge in [0.05, 0.1) is 12.2 Å². The molecule has 1 atom stereocenters. The summed E-state index contributed by atoms with van der Waals surface area (Å²) >= 11 is 0. The van der Waals surface area contributed by atoms with Gasteiger partial charge >= 0.3 is 11.9 Å². The molecular weight excluding hydrogens is 286 g/mol. The minimum atomic E-state index is -0.671. The van der Waals surface area contributed by atoms with Crippen molar-refractivity contribution in [1.29, 1.82) is 0 Å². The zero-order chi connectivity index (χ0) is 16.3. The molecule has 1 heterocycles. The summed E-state index contributed by atoms with van der Waals surface area (Å²) in [6.45, 7) is 5.34. The number of ether oxygens (including phenoxy) is 2. The first-order chi connectivity index (χ1) is 10.5. The van der Waals surface area contributed by atoms with Crippen molar-refractivity contribution in [2.24, 2.45) is 0 Å². The molecule has 6 heteroatoms. The highest BCUT2D eigenvalue weighted by molar-refractivity contribution is 5.99. The highest BCUT2D eigenvalue weighted by Crippen LogP contribution is 2.23. The Kier molecular flexibility index (Phi) is 5.00. The van der Waals surface area contributed by atoms with Crippen molar-refractivity contribution in [2.45, 2.75) is 52.6 Å². The van der Waals surface area contributed by atoms with Crippen molar-refractivity contribution < 1.29 is 23.9 Å². The zero-order valence-corrected chi connectivity index (χ0v) is 13.2. The molecule has 6 nitrogen and oxygen atoms in total. The van der Waals surface area contributed by atoms with Crippen LogP contribution in [0.4, 0.5) is 0 Å². The minimum absolute atomic E-state index is 0.0360. The molecule has 0 saturated heterocycles. The van der Waals surface area contributed by atoms with E-state index in [9.17, 15) is 14.4 Å². The monoisotopic (exact) mass is 307 g/mol. The van der Waals surface area contributed by atoms with Gasteiger partial charge in [-0.2, -0.15) is 0 Å². The Balaban J connectivity index is 2.18. The lowest BCUT2D eigenvalue weighted by atomic mass is 9.96. The van der Waals surface area contributed by atoms with Gasteiger partial charge in [-0.25, -0.2) is 9.59 Å². The van der Waals surface area contributed by atoms with Crippen molar-refractivity contribution in [3.8, 4) is 0 Å². The second-order valence-electron chi connectivity index (χ2n) is 5.45. The summed E-state index contributed by atoms with van der Waals surface area (Å²) < 4.78 is 10.3. The number of aromatic amines is 1. The summed E-state index contributed by atoms with van der Waals surface area (Å²) in [6.07, 6.45) is 2.07. The maximum absolute atomic E-state index is 12.3. The number of carbonyl (C=O) groups is 3. The molecule has 2 rings (SSSR count). The Bertz CT molecular complexity index is 602. The molecule has 22 heavy (non-hydrogen) atoms. The number of rotatable bonds is 4. The fourth-order valence-corrected chi connectivity index (χ4v) is 2.73. The summed E-state index contributed by atoms with van der Waals surface area (Å²) in [6, 6.07) is 0. The van der Waals surface area contributed by atoms with Crippen LogP contribution in [0.5, 0.6) is 0 Å². The van der Waals surface area contributed by atoms with Gasteiger partial charge in [0.1, 0.15) is 5.69 Å². The van der Waals surface area contributed by atoms with Crippen molar-refractivity contribution in [2.75, 3.05) is 6.61 Å². The van der Waals surface area contributed by atoms with Crippen molar-refractivity contribution in [3.05, 3.63) is 22.5 Å². The molecule has 0 radical (unpaired) electrons. The maximum Gasteiger partial charge on any atom is 0.355 e. The van der Waals surface area contributed by atoms with Crippen LogP contribution in [0.15, 0.2) is 0 Å². The highest BCUT2D eigenvalue weighted by Gasteiger charge is 2.29. The van der Waals surface area contributed by atoms with E-state index in [0.717, 1.165) is 12.8 Å². The molecule has 120 valence electrons. The first-order valence-electron chi connectivity index (χ1n) is 7.55. The quantitative estimate of drug-likeness (QED) is 0.864. The van der Waals surface area contributed by atoms with E-state index in [1.807, 2.05) is 0 Å². The topological polar surface area (TPSA) is 85.5 Å². The molecular formula is C16H21NO5. The van der Waals surface area contributed by atoms with E-state index in [1.165, 1.54) is 0 Å². The third-order valence-electron chi connectivity index (χ3n) is 3.87. The van der Waals surface area contributed by atoms with Crippen molar-refractivity contribution in [1.82, 2.24) is 4.98 Å². The van der Waals surface area contributed by atoms with E-state index in [0.29, 0.717) is 29.7 Å². The maximum atomic E-state index is 12.3. The SMILES string of the molecule is CCOC(=O)c1c(C)[nH]c(C(=O)OC2CCCCC2=O)c1C. The van der Waals surface area contributed by atoms with Crippen LogP contribution in [-0.2, 0) is 14.3 Å². The lowest BCUT2D eigenvalue weighted by Crippen LogP contribution is -2.30. The standard InChI is InChI=1S/C16H21NO5/c1-4-21-15(19)13-9(2)14(17-10(13)3)16(20)22-12-8-6-5-7-11(12)18/h12,17H,4-8H2,1-3H3. The second kappa shape index (κ2) is 6.77. The zero-order valence-electron chi connectivity index (χ0n) is 13.2. The van der Waals surface area contributed by atoms with Gasteiger partial charge in [-0.3, -0.25) is 4.79 Å². The van der Waals surface area contributed by atoms with Crippen LogP contribution >= 0.6 is 0 Å². The van der Waals surface area contributed by atoms with E-state index >= 15 is 0 Å². The third-order valence-corrected chi connectivity index (χ3v) is 3.87. The molecule has 0 aliphatic heterocycles. The fourth-order valence-electron chi connectivity index (χ4n) is 2.73. The van der Waals surface area contributed by atoms with Crippen LogP contribution < -0.4 is 0 Å². The van der Waals surface area contributed by atoms with Crippen LogP contribution in [0.1, 0.15) is 64.7 Å². The number of ketones is 1. The molecule has 1 N–H and O–H groups in total. The van der Waals surface area contributed by atoms with Crippen LogP contribution in [0.3, 0.4) is 0 Å². The number of hydrogen-bond acceptors (Lipinski definition) is 5. The van der Waals surface area contributed by atoms with E-state index < -0.39 is 18.0 Å². The van der Waals surface area contributed by atoms with E-state index in [-0.39, 0.29) is 18.1 Å². The normalized spacial score (nSPS) is 18.1. The molecule has 0 aromatic carbocycles. The summed E-state index contributed by atoms with van der Waals surface area (Å²) in [4.78, 5) is 38.8. The summed E-state index contributed by atoms with van der Waals surface area (Å²) in [5, 5.41) is 0. The Morgan fingerprint density at radius 1 is 1.23 bits per heavy atom. The molecule has 1 fully saturated rings. The number of H-pyrrole nitrogens is 1. The number of Topliss-reactive ketones (excluding diaryl/α,β-unsaturated/α-hetero) is 1. The molecule has 0 bridgehead atoms. The first-order valence-corrected chi connectivity index (χ1v) is 7.55. The predicted molar refractivity (Wildman–Crippen MR) is 78.9 cm³/mol. The molecule has 1 aromatic rings. The lowest BCUT2D eigenvalue weighted by molar-refractivity contribution is -0.129. The summed E-state index contributed by atoms with van der Waals surface area (Å²) in [7, 11) is 0. The van der Waals surface area contributed by atoms with Crippen LogP contribution in [0, 0.1) is 13.8 Å². The predicted octanol–water partition coefficient (Wildman–Crippen LogP) is 2.48. The number of aryl methyl sites for hydroxylation is 1. The molecule has 1 saturated carbocycles. The van der Waals surface area contributed by atoms with Gasteiger partial charge in [0.25, 0.3) is 0 Å². The van der Waals surface area contributed by atoms with Crippen LogP contribution in [-0.4, -0.2) is 35.4 Å². The average molecular weight is 307 g/mol. The number of hydrogen-bond donors (Lipinski definition) is 1. The van der Waals surface area contributed by atoms with E-state index in [1.54, 1.807) is 20.8 Å². The highest BCUT2D eigenvalue weighted by atomic mass is 16.5. The van der Waals surface area contributed by atoms with E-state index in [4.69, 9.17) is 9.47 Å². The van der Waals surface area contributed by atoms with Crippen LogP contribution in [0.2, 0.25) is 0 Å². The van der Waals surface area contributed by atoms with Gasteiger partial charge in [-0.1, -0.05) is 0 Å². The molecule has 0 amide bonds. The summed E-state index contributed by atoms with van der Waals surface area (Å²) in [5.74, 6) is -1.11. The van der Waals surface area contributed by atoms with Gasteiger partial charge in [0.2, 0.25) is 0 Å². The molecule has 1 aliphatic carbocycles. The molecule has 1 aliphatic rings. The average Bonchev–Trinajstić information content (AvgIpc) is 2.77. The van der Waals surface area contributed by atoms with Gasteiger partial charge in [0, 0.05) is 12.1 Å². The number of nitrogens with one attached hydrogen (secondary N) is 1. The van der Waals surface area contributed by atoms with Crippen molar-refractivity contribution >= 4 is 17.7 Å². The van der Waals surface area contributed by atoms with E-state index in [2.05, 4.69) is 4.98 Å². The summed E-state index contributed by atoms with van der Waals surface area (Å²) in [5.41, 5.74) is 1.60. The lowest BCUT2D eigenvalue weighted by Gasteiger charge is -2.20. The molecule has 1 unspecified atom stereocenters. The Hall–Kier alpha value is -2.11. The van der Waals surface area contributed by atoms with Gasteiger partial charge in [-0.15, -0.1) is 0 Å². The third kappa shape index (κ3) is 3.21. The van der Waals surface area contributed by atoms with Crippen LogP contribution in [0.25, 0.3) is 0 Å². The fraction of sp³-hybridized carbons (Fsp3) is 0.562. The Labute approximate surface area is 129 Å². The Morgan fingerprint density at radius 3 is 2.59 bits per heavy atom.